The van der Waals surface area contributed by atoms with Gasteiger partial charge in [0.1, 0.15) is 0 Å². The van der Waals surface area contributed by atoms with E-state index in [1.807, 2.05) is 0 Å². The fraction of sp³-hybridized carbons (Fsp3) is 1.00. The zero-order valence-electron chi connectivity index (χ0n) is 7.12. The second-order valence-electron chi connectivity index (χ2n) is 5.05. The maximum Gasteiger partial charge on any atom is -0.0320 e. The Labute approximate surface area is 58.7 Å². The van der Waals surface area contributed by atoms with Gasteiger partial charge in [-0.15, -0.1) is 0 Å². The summed E-state index contributed by atoms with van der Waals surface area (Å²) in [6, 6.07) is 0. The van der Waals surface area contributed by atoms with Gasteiger partial charge in [-0.25, -0.2) is 0 Å². The van der Waals surface area contributed by atoms with E-state index in [-0.39, 0.29) is 0 Å². The van der Waals surface area contributed by atoms with Gasteiger partial charge in [-0.1, -0.05) is 27.7 Å². The van der Waals surface area contributed by atoms with Crippen LogP contribution in [0.2, 0.25) is 0 Å². The van der Waals surface area contributed by atoms with Crippen LogP contribution in [-0.4, -0.2) is 0 Å². The first kappa shape index (κ1) is 7.11. The van der Waals surface area contributed by atoms with E-state index >= 15 is 0 Å². The molecule has 0 nitrogen and oxygen atoms in total. The smallest absolute Gasteiger partial charge is 0.0320 e. The number of rotatable bonds is 1. The molecule has 0 N–H and O–H groups in total. The average molecular weight is 126 g/mol. The molecular formula is C9H18. The molecule has 0 aromatic rings. The fourth-order valence-corrected chi connectivity index (χ4v) is 1.67. The molecule has 0 aromatic carbocycles. The molecule has 0 aliphatic heterocycles. The van der Waals surface area contributed by atoms with Gasteiger partial charge >= 0.3 is 0 Å². The van der Waals surface area contributed by atoms with E-state index in [2.05, 4.69) is 27.7 Å². The molecular weight excluding hydrogens is 108 g/mol. The summed E-state index contributed by atoms with van der Waals surface area (Å²) in [6.07, 6.45) is 4.33. The van der Waals surface area contributed by atoms with Gasteiger partial charge in [0.15, 0.2) is 0 Å². The first-order valence-corrected chi connectivity index (χ1v) is 3.91. The van der Waals surface area contributed by atoms with Crippen molar-refractivity contribution in [2.75, 3.05) is 0 Å². The molecule has 1 fully saturated rings. The Bertz CT molecular complexity index is 98.5. The van der Waals surface area contributed by atoms with Gasteiger partial charge in [0.2, 0.25) is 0 Å². The minimum atomic E-state index is 0.547. The predicted molar refractivity (Wildman–Crippen MR) is 41.4 cm³/mol. The van der Waals surface area contributed by atoms with Crippen LogP contribution in [0.4, 0.5) is 0 Å². The van der Waals surface area contributed by atoms with Crippen molar-refractivity contribution in [2.24, 2.45) is 10.8 Å². The summed E-state index contributed by atoms with van der Waals surface area (Å²) in [7, 11) is 0. The Kier molecular flexibility index (Phi) is 1.38. The summed E-state index contributed by atoms with van der Waals surface area (Å²) in [6.45, 7) is 9.39. The van der Waals surface area contributed by atoms with E-state index in [0.717, 1.165) is 5.41 Å². The van der Waals surface area contributed by atoms with E-state index in [0.29, 0.717) is 5.41 Å². The molecule has 1 rings (SSSR count). The summed E-state index contributed by atoms with van der Waals surface area (Å²) < 4.78 is 0. The van der Waals surface area contributed by atoms with E-state index in [4.69, 9.17) is 0 Å². The molecule has 0 unspecified atom stereocenters. The number of hydrogen-bond donors (Lipinski definition) is 0. The van der Waals surface area contributed by atoms with Crippen molar-refractivity contribution in [2.45, 2.75) is 47.0 Å². The van der Waals surface area contributed by atoms with Crippen molar-refractivity contribution in [3.63, 3.8) is 0 Å². The van der Waals surface area contributed by atoms with Crippen LogP contribution in [0.15, 0.2) is 0 Å². The first-order chi connectivity index (χ1) is 3.91. The van der Waals surface area contributed by atoms with Gasteiger partial charge in [-0.3, -0.25) is 0 Å². The second kappa shape index (κ2) is 1.74. The molecule has 1 aliphatic carbocycles. The molecule has 0 saturated heterocycles. The van der Waals surface area contributed by atoms with Crippen LogP contribution in [0.1, 0.15) is 47.0 Å². The van der Waals surface area contributed by atoms with Crippen molar-refractivity contribution in [1.82, 2.24) is 0 Å². The van der Waals surface area contributed by atoms with Gasteiger partial charge in [-0.2, -0.15) is 0 Å². The van der Waals surface area contributed by atoms with Crippen LogP contribution in [0, 0.1) is 10.8 Å². The summed E-state index contributed by atoms with van der Waals surface area (Å²) in [5.41, 5.74) is 1.28. The molecule has 0 heterocycles. The summed E-state index contributed by atoms with van der Waals surface area (Å²) >= 11 is 0. The van der Waals surface area contributed by atoms with E-state index in [1.54, 1.807) is 0 Å². The fourth-order valence-electron chi connectivity index (χ4n) is 1.67. The van der Waals surface area contributed by atoms with Gasteiger partial charge in [0, 0.05) is 0 Å². The van der Waals surface area contributed by atoms with Crippen molar-refractivity contribution in [3.05, 3.63) is 0 Å². The lowest BCUT2D eigenvalue weighted by Crippen LogP contribution is -2.10. The van der Waals surface area contributed by atoms with Gasteiger partial charge in [0.05, 0.1) is 0 Å². The zero-order valence-corrected chi connectivity index (χ0v) is 7.12. The summed E-state index contributed by atoms with van der Waals surface area (Å²) in [5, 5.41) is 0. The predicted octanol–water partition coefficient (Wildman–Crippen LogP) is 3.22. The third kappa shape index (κ3) is 2.38. The molecule has 54 valence electrons. The Morgan fingerprint density at radius 2 is 1.67 bits per heavy atom. The molecule has 0 spiro atoms. The van der Waals surface area contributed by atoms with Crippen LogP contribution in [-0.2, 0) is 0 Å². The zero-order chi connectivity index (χ0) is 7.12. The molecule has 0 heteroatoms. The molecule has 0 aromatic heterocycles. The molecule has 1 saturated carbocycles. The van der Waals surface area contributed by atoms with E-state index in [1.165, 1.54) is 19.3 Å². The Morgan fingerprint density at radius 3 is 1.78 bits per heavy atom. The quantitative estimate of drug-likeness (QED) is 0.506. The second-order valence-corrected chi connectivity index (χ2v) is 5.05. The van der Waals surface area contributed by atoms with Gasteiger partial charge in [0.25, 0.3) is 0 Å². The third-order valence-electron chi connectivity index (χ3n) is 2.06. The van der Waals surface area contributed by atoms with Gasteiger partial charge in [-0.05, 0) is 30.1 Å². The maximum atomic E-state index is 2.40. The van der Waals surface area contributed by atoms with Crippen molar-refractivity contribution < 1.29 is 0 Å². The maximum absolute atomic E-state index is 2.40. The number of hydrogen-bond acceptors (Lipinski definition) is 0. The lowest BCUT2D eigenvalue weighted by molar-refractivity contribution is 0.293. The Hall–Kier alpha value is 0. The topological polar surface area (TPSA) is 0 Å². The molecule has 0 radical (unpaired) electrons. The first-order valence-electron chi connectivity index (χ1n) is 3.91. The highest BCUT2D eigenvalue weighted by atomic mass is 14.4. The third-order valence-corrected chi connectivity index (χ3v) is 2.06. The van der Waals surface area contributed by atoms with Crippen LogP contribution in [0.5, 0.6) is 0 Å². The van der Waals surface area contributed by atoms with Crippen molar-refractivity contribution >= 4 is 0 Å². The Balaban J connectivity index is 2.33. The molecule has 0 bridgehead atoms. The molecule has 0 atom stereocenters. The van der Waals surface area contributed by atoms with Crippen LogP contribution >= 0.6 is 0 Å². The van der Waals surface area contributed by atoms with Crippen LogP contribution in [0.25, 0.3) is 0 Å². The summed E-state index contributed by atoms with van der Waals surface area (Å²) in [5.74, 6) is 0. The largest absolute Gasteiger partial charge is 0.0602 e. The van der Waals surface area contributed by atoms with Crippen molar-refractivity contribution in [3.8, 4) is 0 Å². The lowest BCUT2D eigenvalue weighted by atomic mass is 9.84. The standard InChI is InChI=1S/C9H18/c1-8(2,3)7-9(4)5-6-9/h5-7H2,1-4H3. The van der Waals surface area contributed by atoms with Gasteiger partial charge < -0.3 is 0 Å². The minimum Gasteiger partial charge on any atom is -0.0602 e. The van der Waals surface area contributed by atoms with Crippen molar-refractivity contribution in [1.29, 1.82) is 0 Å². The highest BCUT2D eigenvalue weighted by Crippen LogP contribution is 2.52. The minimum absolute atomic E-state index is 0.547. The Morgan fingerprint density at radius 1 is 1.22 bits per heavy atom. The summed E-state index contributed by atoms with van der Waals surface area (Å²) in [4.78, 5) is 0. The molecule has 0 amide bonds. The average Bonchev–Trinajstić information content (AvgIpc) is 2.12. The van der Waals surface area contributed by atoms with E-state index in [9.17, 15) is 0 Å². The normalized spacial score (nSPS) is 24.0. The van der Waals surface area contributed by atoms with Crippen LogP contribution in [0.3, 0.4) is 0 Å². The lowest BCUT2D eigenvalue weighted by Gasteiger charge is -2.22. The molecule has 1 aliphatic rings. The highest BCUT2D eigenvalue weighted by Gasteiger charge is 2.39. The highest BCUT2D eigenvalue weighted by molar-refractivity contribution is 4.91. The SMILES string of the molecule is CC(C)(C)CC1(C)CC1. The van der Waals surface area contributed by atoms with Crippen LogP contribution < -0.4 is 0 Å². The molecule has 9 heavy (non-hydrogen) atoms. The van der Waals surface area contributed by atoms with E-state index < -0.39 is 0 Å². The monoisotopic (exact) mass is 126 g/mol.